The smallest absolute Gasteiger partial charge is 0.169 e. The maximum Gasteiger partial charge on any atom is 0.169 e. The van der Waals surface area contributed by atoms with Gasteiger partial charge in [-0.3, -0.25) is 0 Å². The second-order valence-corrected chi connectivity index (χ2v) is 3.88. The van der Waals surface area contributed by atoms with Gasteiger partial charge in [0.2, 0.25) is 0 Å². The molecule has 2 aliphatic rings. The number of aliphatic hydroxyl groups is 1. The molecule has 12 heavy (non-hydrogen) atoms. The molecule has 2 heterocycles. The van der Waals surface area contributed by atoms with Crippen LogP contribution in [0, 0.1) is 5.92 Å². The van der Waals surface area contributed by atoms with Crippen LogP contribution in [0.3, 0.4) is 0 Å². The van der Waals surface area contributed by atoms with Crippen molar-refractivity contribution in [3.8, 4) is 0 Å². The Hall–Kier alpha value is -0.0551. The van der Waals surface area contributed by atoms with E-state index in [1.54, 1.807) is 0 Å². The van der Waals surface area contributed by atoms with Gasteiger partial charge >= 0.3 is 0 Å². The molecule has 3 unspecified atom stereocenters. The summed E-state index contributed by atoms with van der Waals surface area (Å²) in [6, 6.07) is 0. The van der Waals surface area contributed by atoms with Gasteiger partial charge in [0.1, 0.15) is 5.60 Å². The topological polar surface area (TPSA) is 46.2 Å². The highest BCUT2D eigenvalue weighted by molar-refractivity contribution is 5.97. The maximum absolute atomic E-state index is 10.2. The monoisotopic (exact) mass is 170 g/mol. The van der Waals surface area contributed by atoms with Crippen molar-refractivity contribution in [3.05, 3.63) is 0 Å². The van der Waals surface area contributed by atoms with Gasteiger partial charge in [0, 0.05) is 25.6 Å². The zero-order chi connectivity index (χ0) is 8.82. The Balaban J connectivity index is 2.22. The van der Waals surface area contributed by atoms with Crippen LogP contribution in [-0.4, -0.2) is 49.3 Å². The lowest BCUT2D eigenvalue weighted by molar-refractivity contribution is -0.812. The van der Waals surface area contributed by atoms with Crippen LogP contribution in [0.2, 0.25) is 0 Å². The van der Waals surface area contributed by atoms with E-state index < -0.39 is 5.60 Å². The molecule has 3 N–H and O–H groups in total. The third-order valence-electron chi connectivity index (χ3n) is 3.12. The van der Waals surface area contributed by atoms with Gasteiger partial charge in [0.25, 0.3) is 0 Å². The Morgan fingerprint density at radius 3 is 3.00 bits per heavy atom. The highest BCUT2D eigenvalue weighted by Gasteiger charge is 2.50. The van der Waals surface area contributed by atoms with Crippen molar-refractivity contribution in [2.75, 3.05) is 26.2 Å². The summed E-state index contributed by atoms with van der Waals surface area (Å²) in [6.45, 7) is 4.03. The molecule has 0 saturated carbocycles. The summed E-state index contributed by atoms with van der Waals surface area (Å²) in [5.74, 6) is 0.522. The quantitative estimate of drug-likeness (QED) is 0.456. The van der Waals surface area contributed by atoms with Crippen LogP contribution in [0.4, 0.5) is 0 Å². The van der Waals surface area contributed by atoms with Crippen LogP contribution in [0.1, 0.15) is 12.8 Å². The summed E-state index contributed by atoms with van der Waals surface area (Å²) in [6.07, 6.45) is 2.52. The number of hydrogen-bond donors (Lipinski definition) is 2. The van der Waals surface area contributed by atoms with E-state index in [0.29, 0.717) is 20.4 Å². The number of rotatable bonds is 1. The minimum atomic E-state index is -0.488. The van der Waals surface area contributed by atoms with Crippen LogP contribution in [0.15, 0.2) is 0 Å². The van der Waals surface area contributed by atoms with Crippen molar-refractivity contribution in [3.63, 3.8) is 0 Å². The molecule has 0 aliphatic carbocycles. The minimum Gasteiger partial charge on any atom is -0.520 e. The lowest BCUT2D eigenvalue weighted by atomic mass is 9.87. The summed E-state index contributed by atoms with van der Waals surface area (Å²) in [5.41, 5.74) is 5.16. The van der Waals surface area contributed by atoms with Crippen molar-refractivity contribution in [1.29, 1.82) is 0 Å². The van der Waals surface area contributed by atoms with Crippen LogP contribution >= 0.6 is 0 Å². The molecule has 2 bridgehead atoms. The molecule has 0 spiro atoms. The van der Waals surface area contributed by atoms with Crippen molar-refractivity contribution in [2.45, 2.75) is 18.4 Å². The fourth-order valence-corrected chi connectivity index (χ4v) is 2.39. The van der Waals surface area contributed by atoms with Gasteiger partial charge in [-0.25, -0.2) is 0 Å². The van der Waals surface area contributed by atoms with Crippen molar-refractivity contribution in [1.82, 2.24) is 0 Å². The molecule has 0 aromatic rings. The zero-order valence-electron chi connectivity index (χ0n) is 6.79. The lowest BCUT2D eigenvalue weighted by Gasteiger charge is -2.41. The van der Waals surface area contributed by atoms with E-state index in [0.717, 1.165) is 6.54 Å². The molecule has 3 atom stereocenters. The predicted molar refractivity (Wildman–Crippen MR) is 51.5 cm³/mol. The Morgan fingerprint density at radius 1 is 1.67 bits per heavy atom. The first-order chi connectivity index (χ1) is 5.58. The van der Waals surface area contributed by atoms with Gasteiger partial charge in [-0.2, -0.15) is 0 Å². The number of quaternary nitrogens is 1. The highest BCUT2D eigenvalue weighted by Crippen LogP contribution is 2.38. The van der Waals surface area contributed by atoms with Crippen molar-refractivity contribution < 1.29 is 9.50 Å². The Morgan fingerprint density at radius 2 is 2.42 bits per heavy atom. The summed E-state index contributed by atoms with van der Waals surface area (Å²) in [4.78, 5) is 0. The van der Waals surface area contributed by atoms with Gasteiger partial charge in [-0.05, 0) is 12.8 Å². The van der Waals surface area contributed by atoms with Crippen molar-refractivity contribution >= 4 is 7.98 Å². The molecule has 2 fully saturated rings. The number of nitrogens with two attached hydrogens (primary N) is 1. The van der Waals surface area contributed by atoms with E-state index in [-0.39, 0.29) is 0 Å². The Kier molecular flexibility index (Phi) is 1.76. The summed E-state index contributed by atoms with van der Waals surface area (Å²) >= 11 is 0. The largest absolute Gasteiger partial charge is 0.520 e. The normalized spacial score (nSPS) is 52.8. The molecule has 0 aromatic carbocycles. The average Bonchev–Trinajstić information content (AvgIpc) is 2.20. The summed E-state index contributed by atoms with van der Waals surface area (Å²) < 4.78 is 1.29. The van der Waals surface area contributed by atoms with Crippen LogP contribution in [0.25, 0.3) is 0 Å². The van der Waals surface area contributed by atoms with Crippen LogP contribution < -0.4 is 5.73 Å². The fraction of sp³-hybridized carbons (Fsp3) is 1.00. The molecule has 0 aromatic heterocycles. The van der Waals surface area contributed by atoms with Crippen LogP contribution in [-0.2, 0) is 0 Å². The van der Waals surface area contributed by atoms with Gasteiger partial charge in [0.15, 0.2) is 7.98 Å². The molecular formula is C8H19BN2O. The predicted octanol–water partition coefficient (Wildman–Crippen LogP) is -1.80. The first-order valence-electron chi connectivity index (χ1n) is 4.39. The van der Waals surface area contributed by atoms with E-state index in [4.69, 9.17) is 5.73 Å². The Bertz CT molecular complexity index is 201. The summed E-state index contributed by atoms with van der Waals surface area (Å²) in [5, 5.41) is 10.2. The molecule has 4 heteroatoms. The molecule has 2 rings (SSSR count). The third-order valence-corrected chi connectivity index (χ3v) is 3.12. The highest BCUT2D eigenvalue weighted by atomic mass is 16.3. The van der Waals surface area contributed by atoms with E-state index in [9.17, 15) is 5.11 Å². The van der Waals surface area contributed by atoms with Gasteiger partial charge in [0.05, 0.1) is 6.54 Å². The second-order valence-electron chi connectivity index (χ2n) is 3.88. The average molecular weight is 170 g/mol. The number of hydrogen-bond acceptors (Lipinski definition) is 2. The molecule has 2 saturated heterocycles. The first kappa shape index (κ1) is 8.54. The molecule has 2 aliphatic heterocycles. The fourth-order valence-electron chi connectivity index (χ4n) is 2.39. The summed E-state index contributed by atoms with van der Waals surface area (Å²) in [7, 11) is 0.317. The number of fused-ring (bicyclic) bond motifs is 2. The number of piperidine rings is 1. The zero-order valence-corrected chi connectivity index (χ0v) is 6.79. The Labute approximate surface area is 74.6 Å². The maximum atomic E-state index is 10.2. The standard InChI is InChI=1S/C8H19BN2O/c9-11-3-1-2-7(4-11)8(12,5-10)6-11/h7,12H,1-6,10H2,9H3. The van der Waals surface area contributed by atoms with E-state index >= 15 is 0 Å². The van der Waals surface area contributed by atoms with Gasteiger partial charge < -0.3 is 15.2 Å². The molecule has 0 amide bonds. The van der Waals surface area contributed by atoms with E-state index in [1.165, 1.54) is 30.3 Å². The molecule has 3 nitrogen and oxygen atoms in total. The molecule has 70 valence electrons. The SMILES string of the molecule is [BH3-][N+]12CCCC(C1)C(O)(CN)C2. The minimum absolute atomic E-state index is 0.317. The molecule has 0 radical (unpaired) electrons. The van der Waals surface area contributed by atoms with Gasteiger partial charge in [-0.15, -0.1) is 0 Å². The van der Waals surface area contributed by atoms with Gasteiger partial charge in [-0.1, -0.05) is 0 Å². The van der Waals surface area contributed by atoms with E-state index in [1.807, 2.05) is 0 Å². The third kappa shape index (κ3) is 1.10. The van der Waals surface area contributed by atoms with E-state index in [2.05, 4.69) is 0 Å². The van der Waals surface area contributed by atoms with Crippen molar-refractivity contribution in [2.24, 2.45) is 11.7 Å². The first-order valence-corrected chi connectivity index (χ1v) is 4.39. The van der Waals surface area contributed by atoms with Crippen LogP contribution in [0.5, 0.6) is 0 Å². The number of nitrogens with zero attached hydrogens (tertiary/aromatic N) is 1. The second kappa shape index (κ2) is 2.47. The lowest BCUT2D eigenvalue weighted by Crippen LogP contribution is -2.49. The molecular weight excluding hydrogens is 151 g/mol.